The number of ether oxygens (including phenoxy) is 1. The molecule has 0 aliphatic carbocycles. The van der Waals surface area contributed by atoms with E-state index in [2.05, 4.69) is 48.3 Å². The van der Waals surface area contributed by atoms with Gasteiger partial charge in [-0.3, -0.25) is 0 Å². The Balaban J connectivity index is 2.01. The van der Waals surface area contributed by atoms with Crippen LogP contribution in [-0.4, -0.2) is 11.2 Å². The van der Waals surface area contributed by atoms with Crippen molar-refractivity contribution in [2.24, 2.45) is 0 Å². The van der Waals surface area contributed by atoms with Crippen LogP contribution < -0.4 is 4.57 Å². The van der Waals surface area contributed by atoms with Crippen molar-refractivity contribution in [3.63, 3.8) is 0 Å². The van der Waals surface area contributed by atoms with Crippen LogP contribution in [0.5, 0.6) is 0 Å². The average molecular weight is 231 g/mol. The maximum absolute atomic E-state index is 5.35. The first-order valence-electron chi connectivity index (χ1n) is 5.96. The van der Waals surface area contributed by atoms with Gasteiger partial charge in [0.25, 0.3) is 0 Å². The maximum Gasteiger partial charge on any atom is 0.245 e. The van der Waals surface area contributed by atoms with Gasteiger partial charge in [0.05, 0.1) is 0 Å². The molecular weight excluding hydrogens is 212 g/mol. The van der Waals surface area contributed by atoms with E-state index in [1.807, 2.05) is 17.7 Å². The Bertz CT molecular complexity index is 477. The predicted molar refractivity (Wildman–Crippen MR) is 66.5 cm³/mol. The standard InChI is InChI=1S/C14H19N2O/c1-3-17-12-16-8-7-15(11-16)10-14-6-4-5-13(2)9-14/h4-9,11H,3,10,12H2,1-2H3/q+1. The Morgan fingerprint density at radius 1 is 1.35 bits per heavy atom. The van der Waals surface area contributed by atoms with E-state index in [0.717, 1.165) is 13.2 Å². The smallest absolute Gasteiger partial charge is 0.245 e. The number of imidazole rings is 1. The monoisotopic (exact) mass is 231 g/mol. The van der Waals surface area contributed by atoms with Crippen LogP contribution in [0.4, 0.5) is 0 Å². The highest BCUT2D eigenvalue weighted by atomic mass is 16.5. The van der Waals surface area contributed by atoms with E-state index in [1.54, 1.807) is 0 Å². The highest BCUT2D eigenvalue weighted by Crippen LogP contribution is 2.03. The molecule has 0 spiro atoms. The van der Waals surface area contributed by atoms with Crippen LogP contribution in [0.2, 0.25) is 0 Å². The second-order valence-corrected chi connectivity index (χ2v) is 4.21. The van der Waals surface area contributed by atoms with Gasteiger partial charge in [-0.05, 0) is 19.4 Å². The normalized spacial score (nSPS) is 10.7. The molecule has 90 valence electrons. The van der Waals surface area contributed by atoms with E-state index in [4.69, 9.17) is 4.74 Å². The minimum Gasteiger partial charge on any atom is -0.342 e. The van der Waals surface area contributed by atoms with Crippen LogP contribution >= 0.6 is 0 Å². The predicted octanol–water partition coefficient (Wildman–Crippen LogP) is 2.13. The third kappa shape index (κ3) is 3.43. The van der Waals surface area contributed by atoms with Crippen LogP contribution in [0.25, 0.3) is 0 Å². The molecule has 3 heteroatoms. The fourth-order valence-electron chi connectivity index (χ4n) is 1.83. The number of benzene rings is 1. The molecule has 1 heterocycles. The van der Waals surface area contributed by atoms with Gasteiger partial charge in [-0.25, -0.2) is 9.13 Å². The number of rotatable bonds is 5. The molecule has 0 amide bonds. The molecular formula is C14H19N2O+. The summed E-state index contributed by atoms with van der Waals surface area (Å²) in [6.45, 7) is 6.40. The molecule has 0 fully saturated rings. The van der Waals surface area contributed by atoms with Gasteiger partial charge in [0, 0.05) is 6.61 Å². The summed E-state index contributed by atoms with van der Waals surface area (Å²) < 4.78 is 9.55. The molecule has 0 saturated carbocycles. The molecule has 2 rings (SSSR count). The van der Waals surface area contributed by atoms with Crippen molar-refractivity contribution in [2.45, 2.75) is 27.1 Å². The highest BCUT2D eigenvalue weighted by Gasteiger charge is 2.04. The van der Waals surface area contributed by atoms with E-state index in [1.165, 1.54) is 11.1 Å². The molecule has 0 aliphatic heterocycles. The number of aromatic nitrogens is 2. The quantitative estimate of drug-likeness (QED) is 0.721. The second-order valence-electron chi connectivity index (χ2n) is 4.21. The molecule has 2 aromatic rings. The zero-order valence-corrected chi connectivity index (χ0v) is 10.5. The fraction of sp³-hybridized carbons (Fsp3) is 0.357. The lowest BCUT2D eigenvalue weighted by molar-refractivity contribution is -0.688. The van der Waals surface area contributed by atoms with Crippen LogP contribution in [0.3, 0.4) is 0 Å². The first-order valence-corrected chi connectivity index (χ1v) is 5.96. The van der Waals surface area contributed by atoms with E-state index in [-0.39, 0.29) is 0 Å². The minimum absolute atomic E-state index is 0.622. The zero-order valence-electron chi connectivity index (χ0n) is 10.5. The number of nitrogens with zero attached hydrogens (tertiary/aromatic N) is 2. The van der Waals surface area contributed by atoms with Gasteiger partial charge < -0.3 is 4.74 Å². The summed E-state index contributed by atoms with van der Waals surface area (Å²) in [5.41, 5.74) is 2.63. The molecule has 1 aromatic carbocycles. The van der Waals surface area contributed by atoms with Crippen molar-refractivity contribution < 1.29 is 9.30 Å². The third-order valence-corrected chi connectivity index (χ3v) is 2.64. The van der Waals surface area contributed by atoms with E-state index >= 15 is 0 Å². The number of aryl methyl sites for hydroxylation is 1. The zero-order chi connectivity index (χ0) is 12.1. The SMILES string of the molecule is CCOCn1cc[n+](Cc2cccc(C)c2)c1. The van der Waals surface area contributed by atoms with Crippen molar-refractivity contribution in [1.82, 2.24) is 4.57 Å². The Morgan fingerprint density at radius 2 is 2.24 bits per heavy atom. The van der Waals surface area contributed by atoms with Crippen molar-refractivity contribution >= 4 is 0 Å². The van der Waals surface area contributed by atoms with Gasteiger partial charge in [-0.15, -0.1) is 0 Å². The summed E-state index contributed by atoms with van der Waals surface area (Å²) in [4.78, 5) is 0. The van der Waals surface area contributed by atoms with Crippen molar-refractivity contribution in [3.8, 4) is 0 Å². The Hall–Kier alpha value is -1.61. The molecule has 0 radical (unpaired) electrons. The first-order chi connectivity index (χ1) is 8.28. The van der Waals surface area contributed by atoms with E-state index in [9.17, 15) is 0 Å². The summed E-state index contributed by atoms with van der Waals surface area (Å²) in [5.74, 6) is 0. The average Bonchev–Trinajstić information content (AvgIpc) is 2.74. The topological polar surface area (TPSA) is 18.0 Å². The molecule has 3 nitrogen and oxygen atoms in total. The van der Waals surface area contributed by atoms with Crippen LogP contribution in [-0.2, 0) is 18.0 Å². The lowest BCUT2D eigenvalue weighted by Crippen LogP contribution is -2.31. The van der Waals surface area contributed by atoms with Gasteiger partial charge in [0.15, 0.2) is 6.73 Å². The Morgan fingerprint density at radius 3 is 3.00 bits per heavy atom. The van der Waals surface area contributed by atoms with Gasteiger partial charge >= 0.3 is 0 Å². The molecule has 0 bridgehead atoms. The largest absolute Gasteiger partial charge is 0.342 e. The third-order valence-electron chi connectivity index (χ3n) is 2.64. The molecule has 0 saturated heterocycles. The van der Waals surface area contributed by atoms with Crippen molar-refractivity contribution in [1.29, 1.82) is 0 Å². The van der Waals surface area contributed by atoms with Gasteiger partial charge in [0.2, 0.25) is 6.33 Å². The minimum atomic E-state index is 0.622. The van der Waals surface area contributed by atoms with Gasteiger partial charge in [-0.2, -0.15) is 0 Å². The molecule has 1 aromatic heterocycles. The maximum atomic E-state index is 5.35. The van der Waals surface area contributed by atoms with Gasteiger partial charge in [0.1, 0.15) is 18.9 Å². The molecule has 0 atom stereocenters. The lowest BCUT2D eigenvalue weighted by atomic mass is 10.1. The molecule has 0 unspecified atom stereocenters. The highest BCUT2D eigenvalue weighted by molar-refractivity contribution is 5.21. The van der Waals surface area contributed by atoms with E-state index < -0.39 is 0 Å². The van der Waals surface area contributed by atoms with Crippen LogP contribution in [0, 0.1) is 6.92 Å². The Labute approximate surface area is 102 Å². The number of hydrogen-bond acceptors (Lipinski definition) is 1. The molecule has 0 aliphatic rings. The van der Waals surface area contributed by atoms with Gasteiger partial charge in [-0.1, -0.05) is 29.8 Å². The first kappa shape index (κ1) is 11.9. The summed E-state index contributed by atoms with van der Waals surface area (Å²) in [6.07, 6.45) is 6.17. The number of hydrogen-bond donors (Lipinski definition) is 0. The lowest BCUT2D eigenvalue weighted by Gasteiger charge is -1.99. The molecule has 17 heavy (non-hydrogen) atoms. The van der Waals surface area contributed by atoms with Crippen molar-refractivity contribution in [2.75, 3.05) is 6.61 Å². The van der Waals surface area contributed by atoms with Crippen LogP contribution in [0.1, 0.15) is 18.1 Å². The van der Waals surface area contributed by atoms with Crippen LogP contribution in [0.15, 0.2) is 43.0 Å². The fourth-order valence-corrected chi connectivity index (χ4v) is 1.83. The van der Waals surface area contributed by atoms with Crippen molar-refractivity contribution in [3.05, 3.63) is 54.1 Å². The summed E-state index contributed by atoms with van der Waals surface area (Å²) in [5, 5.41) is 0. The summed E-state index contributed by atoms with van der Waals surface area (Å²) in [7, 11) is 0. The Kier molecular flexibility index (Phi) is 3.94. The summed E-state index contributed by atoms with van der Waals surface area (Å²) in [6, 6.07) is 8.59. The summed E-state index contributed by atoms with van der Waals surface area (Å²) >= 11 is 0. The molecule has 0 N–H and O–H groups in total. The van der Waals surface area contributed by atoms with E-state index in [0.29, 0.717) is 6.73 Å². The second kappa shape index (κ2) is 5.64.